The van der Waals surface area contributed by atoms with Crippen LogP contribution in [0.25, 0.3) is 0 Å². The Bertz CT molecular complexity index is 844. The molecule has 2 aromatic rings. The van der Waals surface area contributed by atoms with Gasteiger partial charge in [-0.25, -0.2) is 9.97 Å². The van der Waals surface area contributed by atoms with Gasteiger partial charge in [0.15, 0.2) is 0 Å². The topological polar surface area (TPSA) is 142 Å². The van der Waals surface area contributed by atoms with Crippen LogP contribution < -0.4 is 21.3 Å². The lowest BCUT2D eigenvalue weighted by Gasteiger charge is -2.09. The van der Waals surface area contributed by atoms with Crippen LogP contribution in [0, 0.1) is 0 Å². The first-order valence-electron chi connectivity index (χ1n) is 10.6. The highest BCUT2D eigenvalue weighted by Crippen LogP contribution is 2.02. The predicted molar refractivity (Wildman–Crippen MR) is 116 cm³/mol. The lowest BCUT2D eigenvalue weighted by atomic mass is 10.2. The molecule has 0 aromatic carbocycles. The minimum atomic E-state index is -0.359. The van der Waals surface area contributed by atoms with Crippen molar-refractivity contribution in [1.29, 1.82) is 0 Å². The van der Waals surface area contributed by atoms with Crippen LogP contribution in [0.5, 0.6) is 0 Å². The van der Waals surface area contributed by atoms with Crippen LogP contribution in [0.3, 0.4) is 0 Å². The molecule has 0 aliphatic carbocycles. The average Bonchev–Trinajstić information content (AvgIpc) is 2.82. The fourth-order valence-corrected chi connectivity index (χ4v) is 3.05. The first-order valence-corrected chi connectivity index (χ1v) is 10.6. The molecule has 4 bridgehead atoms. The monoisotopic (exact) mass is 438 g/mol. The maximum Gasteiger partial charge on any atom is 0.269 e. The van der Waals surface area contributed by atoms with Crippen LogP contribution in [0.4, 0.5) is 0 Å². The first-order chi connectivity index (χ1) is 15.5. The van der Waals surface area contributed by atoms with E-state index in [1.165, 1.54) is 0 Å². The zero-order valence-corrected chi connectivity index (χ0v) is 17.6. The first kappa shape index (κ1) is 22.9. The Morgan fingerprint density at radius 1 is 0.469 bits per heavy atom. The number of nitrogens with one attached hydrogen (secondary N) is 4. The molecule has 2 aromatic heterocycles. The maximum absolute atomic E-state index is 12.3. The molecule has 0 spiro atoms. The smallest absolute Gasteiger partial charge is 0.269 e. The molecule has 168 valence electrons. The van der Waals surface area contributed by atoms with Crippen molar-refractivity contribution in [1.82, 2.24) is 31.2 Å². The van der Waals surface area contributed by atoms with E-state index in [1.54, 1.807) is 36.4 Å². The zero-order valence-electron chi connectivity index (χ0n) is 17.6. The molecule has 1 aliphatic heterocycles. The fourth-order valence-electron chi connectivity index (χ4n) is 3.05. The summed E-state index contributed by atoms with van der Waals surface area (Å²) in [5.41, 5.74) is 0.673. The van der Waals surface area contributed by atoms with Crippen LogP contribution in [0.1, 0.15) is 67.6 Å². The lowest BCUT2D eigenvalue weighted by molar-refractivity contribution is 0.0922. The van der Waals surface area contributed by atoms with Gasteiger partial charge >= 0.3 is 0 Å². The van der Waals surface area contributed by atoms with Crippen molar-refractivity contribution in [3.05, 3.63) is 59.2 Å². The molecule has 3 rings (SSSR count). The van der Waals surface area contributed by atoms with Gasteiger partial charge in [0.05, 0.1) is 0 Å². The molecule has 10 heteroatoms. The molecule has 4 amide bonds. The Balaban J connectivity index is 1.65. The molecule has 10 nitrogen and oxygen atoms in total. The quantitative estimate of drug-likeness (QED) is 0.476. The number of nitrogens with zero attached hydrogens (tertiary/aromatic N) is 2. The van der Waals surface area contributed by atoms with Gasteiger partial charge in [0.2, 0.25) is 0 Å². The maximum atomic E-state index is 12.3. The van der Waals surface area contributed by atoms with Gasteiger partial charge in [-0.05, 0) is 49.9 Å². The molecular weight excluding hydrogens is 412 g/mol. The molecule has 0 unspecified atom stereocenters. The number of amides is 4. The van der Waals surface area contributed by atoms with E-state index >= 15 is 0 Å². The van der Waals surface area contributed by atoms with Gasteiger partial charge in [-0.2, -0.15) is 0 Å². The largest absolute Gasteiger partial charge is 0.351 e. The summed E-state index contributed by atoms with van der Waals surface area (Å²) in [7, 11) is 0. The summed E-state index contributed by atoms with van der Waals surface area (Å²) in [5.74, 6) is -1.43. The van der Waals surface area contributed by atoms with Crippen LogP contribution in [0.2, 0.25) is 0 Å². The standard InChI is InChI=1S/C22H26N6O4/c29-19-15-7-5-9-17(27-15)21(31)25-13-3-4-14-26-22(32)18-10-6-8-16(28-18)20(30)24-12-2-1-11-23-19/h5-10H,1-4,11-14H2,(H,23,29)(H,24,30)(H,25,31)(H,26,32). The number of rotatable bonds is 0. The van der Waals surface area contributed by atoms with E-state index in [0.717, 1.165) is 0 Å². The molecule has 4 N–H and O–H groups in total. The van der Waals surface area contributed by atoms with Gasteiger partial charge in [0.1, 0.15) is 22.8 Å². The third-order valence-corrected chi connectivity index (χ3v) is 4.78. The second-order valence-electron chi connectivity index (χ2n) is 7.25. The minimum absolute atomic E-state index is 0.168. The molecule has 0 fully saturated rings. The van der Waals surface area contributed by atoms with Gasteiger partial charge in [0.25, 0.3) is 23.6 Å². The van der Waals surface area contributed by atoms with Crippen LogP contribution >= 0.6 is 0 Å². The highest BCUT2D eigenvalue weighted by Gasteiger charge is 2.14. The SMILES string of the molecule is O=C1NCCCCNC(=O)c2cccc(n2)C(=O)NCCCCNC(=O)c2cccc1n2. The highest BCUT2D eigenvalue weighted by atomic mass is 16.2. The molecule has 0 atom stereocenters. The lowest BCUT2D eigenvalue weighted by Crippen LogP contribution is -2.31. The summed E-state index contributed by atoms with van der Waals surface area (Å²) in [6, 6.07) is 9.43. The molecule has 32 heavy (non-hydrogen) atoms. The number of carbonyl (C=O) groups is 4. The second kappa shape index (κ2) is 11.5. The van der Waals surface area contributed by atoms with Gasteiger partial charge in [-0.15, -0.1) is 0 Å². The third-order valence-electron chi connectivity index (χ3n) is 4.78. The Labute approximate surface area is 185 Å². The number of fused-ring (bicyclic) bond motifs is 4. The van der Waals surface area contributed by atoms with Crippen molar-refractivity contribution in [2.24, 2.45) is 0 Å². The Kier molecular flexibility index (Phi) is 8.24. The van der Waals surface area contributed by atoms with Gasteiger partial charge in [-0.1, -0.05) is 12.1 Å². The second-order valence-corrected chi connectivity index (χ2v) is 7.25. The fraction of sp³-hybridized carbons (Fsp3) is 0.364. The summed E-state index contributed by atoms with van der Waals surface area (Å²) >= 11 is 0. The predicted octanol–water partition coefficient (Wildman–Crippen LogP) is 0.670. The van der Waals surface area contributed by atoms with Crippen molar-refractivity contribution in [3.63, 3.8) is 0 Å². The van der Waals surface area contributed by atoms with E-state index in [1.807, 2.05) is 0 Å². The summed E-state index contributed by atoms with van der Waals surface area (Å²) in [4.78, 5) is 57.4. The molecule has 1 aliphatic rings. The van der Waals surface area contributed by atoms with Crippen molar-refractivity contribution < 1.29 is 19.2 Å². The van der Waals surface area contributed by atoms with E-state index < -0.39 is 0 Å². The Hall–Kier alpha value is -3.82. The average molecular weight is 438 g/mol. The summed E-state index contributed by atoms with van der Waals surface area (Å²) < 4.78 is 0. The van der Waals surface area contributed by atoms with E-state index in [0.29, 0.717) is 51.9 Å². The number of pyridine rings is 2. The van der Waals surface area contributed by atoms with Gasteiger partial charge < -0.3 is 21.3 Å². The molecule has 0 saturated carbocycles. The van der Waals surface area contributed by atoms with Crippen molar-refractivity contribution in [2.75, 3.05) is 26.2 Å². The number of carbonyl (C=O) groups excluding carboxylic acids is 4. The van der Waals surface area contributed by atoms with E-state index in [-0.39, 0.29) is 46.4 Å². The van der Waals surface area contributed by atoms with E-state index in [9.17, 15) is 19.2 Å². The van der Waals surface area contributed by atoms with Gasteiger partial charge in [0, 0.05) is 26.2 Å². The molecule has 0 radical (unpaired) electrons. The number of hydrogen-bond donors (Lipinski definition) is 4. The van der Waals surface area contributed by atoms with Crippen LogP contribution in [-0.4, -0.2) is 59.8 Å². The Morgan fingerprint density at radius 2 is 0.719 bits per heavy atom. The normalized spacial score (nSPS) is 17.0. The van der Waals surface area contributed by atoms with E-state index in [2.05, 4.69) is 31.2 Å². The summed E-state index contributed by atoms with van der Waals surface area (Å²) in [6.45, 7) is 1.61. The summed E-state index contributed by atoms with van der Waals surface area (Å²) in [6.07, 6.45) is 2.56. The molecular formula is C22H26N6O4. The molecule has 0 saturated heterocycles. The molecule has 3 heterocycles. The number of aromatic nitrogens is 2. The highest BCUT2D eigenvalue weighted by molar-refractivity contribution is 5.97. The minimum Gasteiger partial charge on any atom is -0.351 e. The van der Waals surface area contributed by atoms with Gasteiger partial charge in [-0.3, -0.25) is 19.2 Å². The summed E-state index contributed by atoms with van der Waals surface area (Å²) in [5, 5.41) is 11.0. The van der Waals surface area contributed by atoms with Crippen molar-refractivity contribution in [2.45, 2.75) is 25.7 Å². The van der Waals surface area contributed by atoms with Crippen LogP contribution in [0.15, 0.2) is 36.4 Å². The Morgan fingerprint density at radius 3 is 0.969 bits per heavy atom. The zero-order chi connectivity index (χ0) is 22.8. The number of hydrogen-bond acceptors (Lipinski definition) is 6. The van der Waals surface area contributed by atoms with Crippen molar-refractivity contribution >= 4 is 23.6 Å². The van der Waals surface area contributed by atoms with E-state index in [4.69, 9.17) is 0 Å². The third kappa shape index (κ3) is 6.59. The van der Waals surface area contributed by atoms with Crippen LogP contribution in [-0.2, 0) is 0 Å². The van der Waals surface area contributed by atoms with Crippen molar-refractivity contribution in [3.8, 4) is 0 Å².